The van der Waals surface area contributed by atoms with Crippen molar-refractivity contribution >= 4 is 11.9 Å². The number of halogens is 3. The number of esters is 1. The predicted molar refractivity (Wildman–Crippen MR) is 92.9 cm³/mol. The van der Waals surface area contributed by atoms with Gasteiger partial charge in [-0.05, 0) is 25.1 Å². The first-order valence-electron chi connectivity index (χ1n) is 8.29. The van der Waals surface area contributed by atoms with Crippen molar-refractivity contribution in [1.29, 1.82) is 0 Å². The second-order valence-corrected chi connectivity index (χ2v) is 5.44. The molecule has 0 aliphatic rings. The fraction of sp³-hybridized carbons (Fsp3) is 0.263. The highest BCUT2D eigenvalue weighted by molar-refractivity contribution is 5.93. The van der Waals surface area contributed by atoms with Gasteiger partial charge in [0.05, 0.1) is 6.61 Å². The van der Waals surface area contributed by atoms with Gasteiger partial charge in [-0.2, -0.15) is 0 Å². The Morgan fingerprint density at radius 1 is 1.00 bits per heavy atom. The van der Waals surface area contributed by atoms with Gasteiger partial charge < -0.3 is 19.5 Å². The van der Waals surface area contributed by atoms with Crippen LogP contribution in [-0.4, -0.2) is 31.5 Å². The average molecular weight is 397 g/mol. The van der Waals surface area contributed by atoms with Crippen molar-refractivity contribution < 1.29 is 37.0 Å². The Balaban J connectivity index is 1.90. The minimum Gasteiger partial charge on any atom is -0.493 e. The first kappa shape index (κ1) is 21.1. The number of carbonyl (C=O) groups excluding carboxylic acids is 2. The van der Waals surface area contributed by atoms with Crippen molar-refractivity contribution in [1.82, 2.24) is 5.32 Å². The summed E-state index contributed by atoms with van der Waals surface area (Å²) in [5.74, 6) is -1.52. The molecule has 28 heavy (non-hydrogen) atoms. The molecule has 0 aliphatic heterocycles. The number of rotatable bonds is 8. The van der Waals surface area contributed by atoms with Gasteiger partial charge in [-0.25, -0.2) is 4.79 Å². The summed E-state index contributed by atoms with van der Waals surface area (Å²) in [5.41, 5.74) is 0.294. The second kappa shape index (κ2) is 9.63. The summed E-state index contributed by atoms with van der Waals surface area (Å²) >= 11 is 0. The molecule has 0 unspecified atom stereocenters. The van der Waals surface area contributed by atoms with Crippen LogP contribution in [0.2, 0.25) is 0 Å². The molecule has 2 aromatic rings. The molecule has 1 N–H and O–H groups in total. The highest BCUT2D eigenvalue weighted by atomic mass is 19.4. The molecule has 0 saturated carbocycles. The molecule has 0 aromatic heterocycles. The Kier molecular flexibility index (Phi) is 7.25. The number of amides is 1. The Hall–Kier alpha value is -3.23. The molecule has 0 fully saturated rings. The van der Waals surface area contributed by atoms with E-state index < -0.39 is 30.6 Å². The van der Waals surface area contributed by atoms with E-state index in [9.17, 15) is 22.8 Å². The SMILES string of the molecule is CCOc1ccccc1C(=O)OCC(=O)NCc1ccccc1OC(F)(F)F. The lowest BCUT2D eigenvalue weighted by Crippen LogP contribution is -2.29. The van der Waals surface area contributed by atoms with E-state index in [1.165, 1.54) is 24.3 Å². The summed E-state index contributed by atoms with van der Waals surface area (Å²) < 4.78 is 51.4. The van der Waals surface area contributed by atoms with E-state index in [0.29, 0.717) is 12.4 Å². The van der Waals surface area contributed by atoms with Crippen molar-refractivity contribution in [3.8, 4) is 11.5 Å². The summed E-state index contributed by atoms with van der Waals surface area (Å²) in [6.07, 6.45) is -4.84. The van der Waals surface area contributed by atoms with E-state index in [4.69, 9.17) is 9.47 Å². The number of para-hydroxylation sites is 2. The summed E-state index contributed by atoms with van der Waals surface area (Å²) in [5, 5.41) is 2.38. The maximum Gasteiger partial charge on any atom is 0.573 e. The number of alkyl halides is 3. The van der Waals surface area contributed by atoms with Crippen molar-refractivity contribution in [3.63, 3.8) is 0 Å². The molecule has 0 saturated heterocycles. The molecule has 1 amide bonds. The fourth-order valence-electron chi connectivity index (χ4n) is 2.24. The average Bonchev–Trinajstić information content (AvgIpc) is 2.65. The number of carbonyl (C=O) groups is 2. The lowest BCUT2D eigenvalue weighted by atomic mass is 10.2. The number of hydrogen-bond donors (Lipinski definition) is 1. The van der Waals surface area contributed by atoms with Crippen LogP contribution in [0.15, 0.2) is 48.5 Å². The largest absolute Gasteiger partial charge is 0.573 e. The molecule has 0 atom stereocenters. The van der Waals surface area contributed by atoms with Crippen molar-refractivity contribution in [3.05, 3.63) is 59.7 Å². The van der Waals surface area contributed by atoms with Gasteiger partial charge in [-0.15, -0.1) is 13.2 Å². The molecule has 9 heteroatoms. The lowest BCUT2D eigenvalue weighted by molar-refractivity contribution is -0.274. The molecule has 150 valence electrons. The Morgan fingerprint density at radius 2 is 1.64 bits per heavy atom. The van der Waals surface area contributed by atoms with E-state index in [1.807, 2.05) is 0 Å². The molecule has 0 spiro atoms. The molecular formula is C19H18F3NO5. The first-order valence-corrected chi connectivity index (χ1v) is 8.29. The molecular weight excluding hydrogens is 379 g/mol. The molecule has 0 radical (unpaired) electrons. The molecule has 0 aliphatic carbocycles. The summed E-state index contributed by atoms with van der Waals surface area (Å²) in [6, 6.07) is 11.8. The minimum absolute atomic E-state index is 0.126. The monoisotopic (exact) mass is 397 g/mol. The molecule has 0 bridgehead atoms. The normalized spacial score (nSPS) is 10.9. The second-order valence-electron chi connectivity index (χ2n) is 5.44. The minimum atomic E-state index is -4.84. The summed E-state index contributed by atoms with van der Waals surface area (Å²) in [4.78, 5) is 24.0. The summed E-state index contributed by atoms with van der Waals surface area (Å²) in [6.45, 7) is 1.29. The van der Waals surface area contributed by atoms with Crippen LogP contribution in [0.1, 0.15) is 22.8 Å². The van der Waals surface area contributed by atoms with Gasteiger partial charge in [0, 0.05) is 12.1 Å². The van der Waals surface area contributed by atoms with Gasteiger partial charge in [0.1, 0.15) is 17.1 Å². The number of nitrogens with one attached hydrogen (secondary N) is 1. The van der Waals surface area contributed by atoms with Crippen LogP contribution in [0.4, 0.5) is 13.2 Å². The van der Waals surface area contributed by atoms with Crippen LogP contribution in [0.25, 0.3) is 0 Å². The van der Waals surface area contributed by atoms with Gasteiger partial charge in [0.2, 0.25) is 0 Å². The van der Waals surface area contributed by atoms with Crippen LogP contribution in [0, 0.1) is 0 Å². The maximum atomic E-state index is 12.4. The zero-order valence-corrected chi connectivity index (χ0v) is 14.9. The Bertz CT molecular complexity index is 823. The Morgan fingerprint density at radius 3 is 2.32 bits per heavy atom. The van der Waals surface area contributed by atoms with Crippen molar-refractivity contribution in [2.45, 2.75) is 19.8 Å². The van der Waals surface area contributed by atoms with E-state index in [0.717, 1.165) is 6.07 Å². The third-order valence-electron chi connectivity index (χ3n) is 3.42. The quantitative estimate of drug-likeness (QED) is 0.691. The van der Waals surface area contributed by atoms with Gasteiger partial charge >= 0.3 is 12.3 Å². The number of ether oxygens (including phenoxy) is 3. The van der Waals surface area contributed by atoms with Crippen LogP contribution < -0.4 is 14.8 Å². The van der Waals surface area contributed by atoms with Crippen molar-refractivity contribution in [2.75, 3.05) is 13.2 Å². The topological polar surface area (TPSA) is 73.9 Å². The van der Waals surface area contributed by atoms with Crippen molar-refractivity contribution in [2.24, 2.45) is 0 Å². The van der Waals surface area contributed by atoms with Crippen LogP contribution in [-0.2, 0) is 16.1 Å². The smallest absolute Gasteiger partial charge is 0.493 e. The van der Waals surface area contributed by atoms with Gasteiger partial charge in [-0.1, -0.05) is 30.3 Å². The molecule has 6 nitrogen and oxygen atoms in total. The van der Waals surface area contributed by atoms with E-state index >= 15 is 0 Å². The molecule has 2 rings (SSSR count). The van der Waals surface area contributed by atoms with Crippen LogP contribution in [0.5, 0.6) is 11.5 Å². The van der Waals surface area contributed by atoms with Crippen LogP contribution >= 0.6 is 0 Å². The highest BCUT2D eigenvalue weighted by Crippen LogP contribution is 2.26. The third-order valence-corrected chi connectivity index (χ3v) is 3.42. The first-order chi connectivity index (χ1) is 13.3. The third kappa shape index (κ3) is 6.49. The fourth-order valence-corrected chi connectivity index (χ4v) is 2.24. The van der Waals surface area contributed by atoms with Gasteiger partial charge in [0.15, 0.2) is 6.61 Å². The zero-order chi connectivity index (χ0) is 20.6. The predicted octanol–water partition coefficient (Wildman–Crippen LogP) is 3.46. The van der Waals surface area contributed by atoms with E-state index in [1.54, 1.807) is 25.1 Å². The zero-order valence-electron chi connectivity index (χ0n) is 14.9. The highest BCUT2D eigenvalue weighted by Gasteiger charge is 2.32. The maximum absolute atomic E-state index is 12.4. The molecule has 2 aromatic carbocycles. The van der Waals surface area contributed by atoms with E-state index in [-0.39, 0.29) is 17.7 Å². The van der Waals surface area contributed by atoms with Gasteiger partial charge in [-0.3, -0.25) is 4.79 Å². The van der Waals surface area contributed by atoms with Gasteiger partial charge in [0.25, 0.3) is 5.91 Å². The van der Waals surface area contributed by atoms with E-state index in [2.05, 4.69) is 10.1 Å². The summed E-state index contributed by atoms with van der Waals surface area (Å²) in [7, 11) is 0. The Labute approximate surface area is 159 Å². The van der Waals surface area contributed by atoms with Crippen LogP contribution in [0.3, 0.4) is 0 Å². The lowest BCUT2D eigenvalue weighted by Gasteiger charge is -2.14. The standard InChI is InChI=1S/C19H18F3NO5/c1-2-26-16-10-6-4-8-14(16)18(25)27-12-17(24)23-11-13-7-3-5-9-15(13)28-19(20,21)22/h3-10H,2,11-12H2,1H3,(H,23,24). The molecule has 0 heterocycles. The number of benzene rings is 2. The number of hydrogen-bond acceptors (Lipinski definition) is 5.